The molecule has 2 aromatic rings. The second-order valence-corrected chi connectivity index (χ2v) is 9.28. The van der Waals surface area contributed by atoms with Crippen LogP contribution in [0.25, 0.3) is 0 Å². The molecule has 3 rings (SSSR count). The lowest BCUT2D eigenvalue weighted by Crippen LogP contribution is -2.38. The fourth-order valence-corrected chi connectivity index (χ4v) is 4.43. The number of nitrogens with zero attached hydrogens (tertiary/aromatic N) is 3. The number of rotatable bonds is 3. The van der Waals surface area contributed by atoms with Gasteiger partial charge in [0.2, 0.25) is 0 Å². The van der Waals surface area contributed by atoms with E-state index in [1.165, 1.54) is 15.2 Å². The first-order chi connectivity index (χ1) is 13.0. The van der Waals surface area contributed by atoms with Gasteiger partial charge in [-0.15, -0.1) is 0 Å². The average molecular weight is 408 g/mol. The molecule has 0 radical (unpaired) electrons. The number of hydrogen-bond acceptors (Lipinski definition) is 6. The topological polar surface area (TPSA) is 103 Å². The van der Waals surface area contributed by atoms with Crippen molar-refractivity contribution in [3.05, 3.63) is 30.1 Å². The summed E-state index contributed by atoms with van der Waals surface area (Å²) in [5.41, 5.74) is 0.648. The number of ether oxygens (including phenoxy) is 2. The minimum Gasteiger partial charge on any atom is -0.489 e. The van der Waals surface area contributed by atoms with E-state index in [0.717, 1.165) is 0 Å². The van der Waals surface area contributed by atoms with E-state index in [4.69, 9.17) is 9.47 Å². The van der Waals surface area contributed by atoms with Gasteiger partial charge in [0.1, 0.15) is 22.9 Å². The van der Waals surface area contributed by atoms with Crippen molar-refractivity contribution in [1.29, 1.82) is 0 Å². The fourth-order valence-electron chi connectivity index (χ4n) is 2.79. The van der Waals surface area contributed by atoms with Crippen molar-refractivity contribution in [2.75, 3.05) is 22.8 Å². The summed E-state index contributed by atoms with van der Waals surface area (Å²) < 4.78 is 40.0. The molecule has 1 aromatic heterocycles. The molecule has 9 nitrogen and oxygen atoms in total. The largest absolute Gasteiger partial charge is 0.489 e. The number of sulfonamides is 1. The van der Waals surface area contributed by atoms with Crippen LogP contribution in [0, 0.1) is 6.92 Å². The molecular weight excluding hydrogens is 384 g/mol. The molecule has 0 saturated heterocycles. The van der Waals surface area contributed by atoms with Crippen LogP contribution in [0.2, 0.25) is 0 Å². The zero-order chi connectivity index (χ0) is 20.7. The molecule has 152 valence electrons. The molecule has 1 aliphatic rings. The zero-order valence-corrected chi connectivity index (χ0v) is 17.3. The summed E-state index contributed by atoms with van der Waals surface area (Å²) in [5.74, 6) is 0.422. The number of aromatic nitrogens is 2. The predicted octanol–water partition coefficient (Wildman–Crippen LogP) is 2.66. The van der Waals surface area contributed by atoms with Crippen LogP contribution in [0.3, 0.4) is 0 Å². The Morgan fingerprint density at radius 1 is 1.32 bits per heavy atom. The highest BCUT2D eigenvalue weighted by Gasteiger charge is 2.33. The van der Waals surface area contributed by atoms with Crippen LogP contribution in [0.15, 0.2) is 29.3 Å². The van der Waals surface area contributed by atoms with Crippen LogP contribution >= 0.6 is 0 Å². The number of carbonyl (C=O) groups is 1. The van der Waals surface area contributed by atoms with Crippen molar-refractivity contribution in [3.63, 3.8) is 0 Å². The first kappa shape index (κ1) is 20.0. The van der Waals surface area contributed by atoms with Gasteiger partial charge in [-0.05, 0) is 45.9 Å². The Morgan fingerprint density at radius 2 is 2.04 bits per heavy atom. The Kier molecular flexibility index (Phi) is 5.00. The van der Waals surface area contributed by atoms with Crippen molar-refractivity contribution < 1.29 is 22.7 Å². The molecule has 1 N–H and O–H groups in total. The summed E-state index contributed by atoms with van der Waals surface area (Å²) >= 11 is 0. The molecule has 0 fully saturated rings. The molecule has 1 aliphatic heterocycles. The lowest BCUT2D eigenvalue weighted by atomic mass is 10.2. The predicted molar refractivity (Wildman–Crippen MR) is 104 cm³/mol. The highest BCUT2D eigenvalue weighted by Crippen LogP contribution is 2.37. The van der Waals surface area contributed by atoms with Gasteiger partial charge in [-0.2, -0.15) is 5.10 Å². The third-order valence-corrected chi connectivity index (χ3v) is 6.10. The number of aryl methyl sites for hydroxylation is 1. The molecular formula is C18H24N4O5S. The van der Waals surface area contributed by atoms with Crippen LogP contribution < -0.4 is 14.4 Å². The van der Waals surface area contributed by atoms with Gasteiger partial charge in [0.05, 0.1) is 24.1 Å². The Hall–Kier alpha value is -2.75. The maximum atomic E-state index is 13.2. The van der Waals surface area contributed by atoms with Gasteiger partial charge in [0, 0.05) is 12.7 Å². The molecule has 28 heavy (non-hydrogen) atoms. The number of carbonyl (C=O) groups excluding carboxylic acids is 1. The van der Waals surface area contributed by atoms with E-state index in [1.54, 1.807) is 52.9 Å². The number of fused-ring (bicyclic) bond motifs is 1. The molecule has 1 amide bonds. The van der Waals surface area contributed by atoms with Crippen LogP contribution in [-0.2, 0) is 21.8 Å². The van der Waals surface area contributed by atoms with E-state index in [-0.39, 0.29) is 18.0 Å². The Bertz CT molecular complexity index is 1010. The standard InChI is InChI=1S/C18H24N4O5S/c1-12-16(11-19-21(12)5)28(24,25)22-8-9-26-15-7-6-13(10-14(15)22)20-17(23)27-18(2,3)4/h6-7,10-11H,8-9H2,1-5H3,(H,20,23). The maximum Gasteiger partial charge on any atom is 0.412 e. The van der Waals surface area contributed by atoms with Crippen LogP contribution in [0.4, 0.5) is 16.2 Å². The molecule has 0 atom stereocenters. The lowest BCUT2D eigenvalue weighted by Gasteiger charge is -2.30. The SMILES string of the molecule is Cc1c(S(=O)(=O)N2CCOc3ccc(NC(=O)OC(C)(C)C)cc32)cnn1C. The van der Waals surface area contributed by atoms with Gasteiger partial charge in [-0.1, -0.05) is 0 Å². The second-order valence-electron chi connectivity index (χ2n) is 7.45. The number of nitrogens with one attached hydrogen (secondary N) is 1. The van der Waals surface area contributed by atoms with Crippen LogP contribution in [0.5, 0.6) is 5.75 Å². The van der Waals surface area contributed by atoms with E-state index in [0.29, 0.717) is 22.8 Å². The third kappa shape index (κ3) is 3.91. The number of amides is 1. The number of benzene rings is 1. The summed E-state index contributed by atoms with van der Waals surface area (Å²) in [6, 6.07) is 4.82. The molecule has 0 spiro atoms. The van der Waals surface area contributed by atoms with Crippen molar-refractivity contribution in [2.24, 2.45) is 7.05 Å². The Labute approximate surface area is 164 Å². The first-order valence-electron chi connectivity index (χ1n) is 8.77. The van der Waals surface area contributed by atoms with Gasteiger partial charge in [0.15, 0.2) is 0 Å². The number of anilines is 2. The summed E-state index contributed by atoms with van der Waals surface area (Å²) in [7, 11) is -2.15. The van der Waals surface area contributed by atoms with Gasteiger partial charge in [-0.3, -0.25) is 14.3 Å². The molecule has 0 unspecified atom stereocenters. The van der Waals surface area contributed by atoms with Gasteiger partial charge < -0.3 is 9.47 Å². The molecule has 1 aromatic carbocycles. The molecule has 10 heteroatoms. The third-order valence-electron chi connectivity index (χ3n) is 4.18. The molecule has 0 aliphatic carbocycles. The smallest absolute Gasteiger partial charge is 0.412 e. The second kappa shape index (κ2) is 7.01. The maximum absolute atomic E-state index is 13.2. The highest BCUT2D eigenvalue weighted by molar-refractivity contribution is 7.92. The van der Waals surface area contributed by atoms with Gasteiger partial charge in [0.25, 0.3) is 10.0 Å². The minimum absolute atomic E-state index is 0.133. The van der Waals surface area contributed by atoms with E-state index in [2.05, 4.69) is 10.4 Å². The molecule has 2 heterocycles. The number of hydrogen-bond donors (Lipinski definition) is 1. The van der Waals surface area contributed by atoms with Crippen molar-refractivity contribution in [3.8, 4) is 5.75 Å². The van der Waals surface area contributed by atoms with Crippen molar-refractivity contribution >= 4 is 27.5 Å². The quantitative estimate of drug-likeness (QED) is 0.838. The summed E-state index contributed by atoms with van der Waals surface area (Å²) in [6.45, 7) is 7.36. The van der Waals surface area contributed by atoms with E-state index in [1.807, 2.05) is 0 Å². The van der Waals surface area contributed by atoms with E-state index in [9.17, 15) is 13.2 Å². The van der Waals surface area contributed by atoms with Crippen molar-refractivity contribution in [1.82, 2.24) is 9.78 Å². The first-order valence-corrected chi connectivity index (χ1v) is 10.2. The Balaban J connectivity index is 1.95. The van der Waals surface area contributed by atoms with Gasteiger partial charge >= 0.3 is 6.09 Å². The summed E-state index contributed by atoms with van der Waals surface area (Å²) in [5, 5.41) is 6.65. The average Bonchev–Trinajstić information content (AvgIpc) is 2.92. The minimum atomic E-state index is -3.83. The molecule has 0 saturated carbocycles. The lowest BCUT2D eigenvalue weighted by molar-refractivity contribution is 0.0636. The summed E-state index contributed by atoms with van der Waals surface area (Å²) in [6.07, 6.45) is 0.712. The molecule has 0 bridgehead atoms. The summed E-state index contributed by atoms with van der Waals surface area (Å²) in [4.78, 5) is 12.2. The zero-order valence-electron chi connectivity index (χ0n) is 16.5. The Morgan fingerprint density at radius 3 is 2.64 bits per heavy atom. The van der Waals surface area contributed by atoms with Gasteiger partial charge in [-0.25, -0.2) is 13.2 Å². The highest BCUT2D eigenvalue weighted by atomic mass is 32.2. The van der Waals surface area contributed by atoms with E-state index >= 15 is 0 Å². The van der Waals surface area contributed by atoms with E-state index < -0.39 is 21.7 Å². The monoisotopic (exact) mass is 408 g/mol. The normalized spacial score (nSPS) is 14.2. The van der Waals surface area contributed by atoms with Crippen LogP contribution in [0.1, 0.15) is 26.5 Å². The fraction of sp³-hybridized carbons (Fsp3) is 0.444. The van der Waals surface area contributed by atoms with Crippen molar-refractivity contribution in [2.45, 2.75) is 38.2 Å². The van der Waals surface area contributed by atoms with Crippen LogP contribution in [-0.4, -0.2) is 43.0 Å².